The third kappa shape index (κ3) is 9.15. The van der Waals surface area contributed by atoms with E-state index < -0.39 is 27.3 Å². The first kappa shape index (κ1) is 40.7. The van der Waals surface area contributed by atoms with Crippen molar-refractivity contribution >= 4 is 44.5 Å². The van der Waals surface area contributed by atoms with Gasteiger partial charge in [-0.15, -0.1) is 0 Å². The summed E-state index contributed by atoms with van der Waals surface area (Å²) in [6, 6.07) is 9.85. The maximum atomic E-state index is 14.0. The number of pyridine rings is 1. The molecule has 3 aliphatic heterocycles. The van der Waals surface area contributed by atoms with Crippen molar-refractivity contribution in [3.8, 4) is 5.75 Å². The first-order chi connectivity index (χ1) is 29.1. The smallest absolute Gasteiger partial charge is 0.264 e. The fourth-order valence-corrected chi connectivity index (χ4v) is 10.5. The molecule has 1 saturated carbocycles. The van der Waals surface area contributed by atoms with Crippen LogP contribution >= 0.6 is 11.6 Å². The average Bonchev–Trinajstić information content (AvgIpc) is 4.00. The standard InChI is InChI=1S/C44H53ClN8O6S/c45-33-4-3-31-26-53(44(55)29-1-2-29)35(20-32(31)19-33)27-51-13-15-52(16-14-51)34-5-7-38(41(22-34)59-36-21-30-9-12-47-42(30)49-25-36)43(54)50-60(56,57)37-6-8-40(39(46)23-37)48-24-28-10-17-58-18-11-28/h3-5,7-9,12,19,21,23,25,28-29,35,37,41,48H,1-2,6,10-11,13-18,20,22,24,26-27,46H2,(H,47,49)(H,50,54)/p+1. The highest BCUT2D eigenvalue weighted by Gasteiger charge is 2.40. The van der Waals surface area contributed by atoms with E-state index in [9.17, 15) is 18.0 Å². The van der Waals surface area contributed by atoms with Crippen molar-refractivity contribution in [1.29, 1.82) is 0 Å². The summed E-state index contributed by atoms with van der Waals surface area (Å²) in [6.45, 7) is 6.82. The number of benzene rings is 1. The maximum absolute atomic E-state index is 14.0. The lowest BCUT2D eigenvalue weighted by Crippen LogP contribution is -2.54. The van der Waals surface area contributed by atoms with Crippen LogP contribution in [0.25, 0.3) is 11.0 Å². The highest BCUT2D eigenvalue weighted by atomic mass is 35.5. The summed E-state index contributed by atoms with van der Waals surface area (Å²) in [4.78, 5) is 41.8. The number of aromatic amines is 1. The van der Waals surface area contributed by atoms with Crippen LogP contribution < -0.4 is 20.5 Å². The third-order valence-electron chi connectivity index (χ3n) is 12.8. The van der Waals surface area contributed by atoms with Gasteiger partial charge in [-0.2, -0.15) is 0 Å². The number of nitrogens with zero attached hydrogens (tertiary/aromatic N) is 4. The minimum Gasteiger partial charge on any atom is -0.483 e. The van der Waals surface area contributed by atoms with Gasteiger partial charge >= 0.3 is 0 Å². The Hall–Kier alpha value is -4.67. The van der Waals surface area contributed by atoms with Crippen molar-refractivity contribution in [1.82, 2.24) is 34.7 Å². The van der Waals surface area contributed by atoms with Gasteiger partial charge in [-0.05, 0) is 98.1 Å². The number of nitrogens with one attached hydrogen (secondary N) is 3. The van der Waals surface area contributed by atoms with Gasteiger partial charge in [0.2, 0.25) is 15.9 Å². The Labute approximate surface area is 355 Å². The quantitative estimate of drug-likeness (QED) is 0.211. The molecule has 2 amide bonds. The Morgan fingerprint density at radius 1 is 1.02 bits per heavy atom. The van der Waals surface area contributed by atoms with E-state index >= 15 is 0 Å². The molecule has 6 aliphatic rings. The molecule has 318 valence electrons. The number of quaternary nitrogens is 1. The van der Waals surface area contributed by atoms with Gasteiger partial charge in [-0.3, -0.25) is 14.5 Å². The molecule has 2 aromatic heterocycles. The summed E-state index contributed by atoms with van der Waals surface area (Å²) in [5, 5.41) is 4.07. The summed E-state index contributed by atoms with van der Waals surface area (Å²) in [5.74, 6) is 0.670. The molecular formula is C44H54ClN8O6S+. The van der Waals surface area contributed by atoms with E-state index in [1.54, 1.807) is 24.5 Å². The Balaban J connectivity index is 0.869. The fraction of sp³-hybridized carbons (Fsp3) is 0.477. The average molecular weight is 858 g/mol. The molecule has 0 spiro atoms. The molecule has 0 bridgehead atoms. The van der Waals surface area contributed by atoms with Crippen LogP contribution in [-0.4, -0.2) is 115 Å². The van der Waals surface area contributed by atoms with Gasteiger partial charge in [0.15, 0.2) is 0 Å². The predicted octanol–water partition coefficient (Wildman–Crippen LogP) is 3.40. The Bertz CT molecular complexity index is 2360. The predicted molar refractivity (Wildman–Crippen MR) is 228 cm³/mol. The number of hydrogen-bond acceptors (Lipinski definition) is 10. The Morgan fingerprint density at radius 2 is 1.83 bits per heavy atom. The van der Waals surface area contributed by atoms with E-state index in [1.165, 1.54) is 11.1 Å². The zero-order valence-electron chi connectivity index (χ0n) is 33.8. The minimum atomic E-state index is -4.11. The molecule has 0 radical (unpaired) electrons. The zero-order chi connectivity index (χ0) is 41.4. The molecule has 9 rings (SSSR count). The van der Waals surface area contributed by atoms with Crippen LogP contribution in [0.2, 0.25) is 5.02 Å². The number of hydrogen-bond donors (Lipinski definition) is 4. The summed E-state index contributed by atoms with van der Waals surface area (Å²) < 4.78 is 41.8. The molecule has 3 aromatic rings. The second-order valence-corrected chi connectivity index (χ2v) is 19.3. The number of carbonyl (C=O) groups is 2. The number of piperazine rings is 1. The van der Waals surface area contributed by atoms with Crippen LogP contribution in [-0.2, 0) is 37.3 Å². The van der Waals surface area contributed by atoms with Crippen molar-refractivity contribution in [2.75, 3.05) is 52.5 Å². The molecule has 16 heteroatoms. The van der Waals surface area contributed by atoms with E-state index in [0.717, 1.165) is 106 Å². The number of ether oxygens (including phenoxy) is 2. The molecule has 3 aliphatic carbocycles. The van der Waals surface area contributed by atoms with Gasteiger partial charge in [0.05, 0.1) is 17.5 Å². The SMILES string of the molecule is [NH3+]C1=CC(S(=O)(=O)NC(=O)C2=CC=C(N3CCN(CC4Cc5cc(Cl)ccc5CN4C(=O)C4CC4)CC3)CC2Oc2cnc3[nH]ccc3c2)CC=C1NCC1CCOCC1. The molecule has 1 aromatic carbocycles. The number of fused-ring (bicyclic) bond motifs is 2. The largest absolute Gasteiger partial charge is 0.483 e. The number of H-pyrrole nitrogens is 1. The first-order valence-corrected chi connectivity index (χ1v) is 23.2. The number of amides is 2. The van der Waals surface area contributed by atoms with Crippen LogP contribution in [0.15, 0.2) is 89.7 Å². The third-order valence-corrected chi connectivity index (χ3v) is 14.6. The van der Waals surface area contributed by atoms with Gasteiger partial charge in [0, 0.05) is 99.7 Å². The van der Waals surface area contributed by atoms with E-state index in [4.69, 9.17) is 21.1 Å². The fourth-order valence-electron chi connectivity index (χ4n) is 9.11. The van der Waals surface area contributed by atoms with Crippen LogP contribution in [0.3, 0.4) is 0 Å². The minimum absolute atomic E-state index is 0.0785. The van der Waals surface area contributed by atoms with Gasteiger partial charge < -0.3 is 35.3 Å². The van der Waals surface area contributed by atoms with Gasteiger partial charge in [-0.1, -0.05) is 23.7 Å². The summed E-state index contributed by atoms with van der Waals surface area (Å²) >= 11 is 6.38. The number of allylic oxidation sites excluding steroid dienone is 3. The van der Waals surface area contributed by atoms with Crippen LogP contribution in [0.4, 0.5) is 0 Å². The maximum Gasteiger partial charge on any atom is 0.264 e. The molecule has 14 nitrogen and oxygen atoms in total. The number of halogens is 1. The number of sulfonamides is 1. The second-order valence-electron chi connectivity index (χ2n) is 17.0. The molecular weight excluding hydrogens is 804 g/mol. The summed E-state index contributed by atoms with van der Waals surface area (Å²) in [6.07, 6.45) is 15.0. The van der Waals surface area contributed by atoms with Gasteiger partial charge in [-0.25, -0.2) is 18.1 Å². The first-order valence-electron chi connectivity index (χ1n) is 21.2. The topological polar surface area (TPSA) is 177 Å². The highest BCUT2D eigenvalue weighted by Crippen LogP contribution is 2.36. The lowest BCUT2D eigenvalue weighted by Gasteiger charge is -2.43. The molecule has 2 saturated heterocycles. The molecule has 5 heterocycles. The molecule has 60 heavy (non-hydrogen) atoms. The van der Waals surface area contributed by atoms with Crippen LogP contribution in [0.1, 0.15) is 49.7 Å². The zero-order valence-corrected chi connectivity index (χ0v) is 35.4. The van der Waals surface area contributed by atoms with Crippen LogP contribution in [0.5, 0.6) is 5.75 Å². The highest BCUT2D eigenvalue weighted by molar-refractivity contribution is 7.90. The van der Waals surface area contributed by atoms with E-state index in [-0.39, 0.29) is 29.9 Å². The van der Waals surface area contributed by atoms with Crippen molar-refractivity contribution in [2.24, 2.45) is 11.8 Å². The van der Waals surface area contributed by atoms with E-state index in [2.05, 4.69) is 46.5 Å². The van der Waals surface area contributed by atoms with E-state index in [0.29, 0.717) is 36.0 Å². The van der Waals surface area contributed by atoms with Crippen molar-refractivity contribution < 1.29 is 33.2 Å². The summed E-state index contributed by atoms with van der Waals surface area (Å²) in [5.41, 5.74) is 9.87. The van der Waals surface area contributed by atoms with Crippen molar-refractivity contribution in [3.63, 3.8) is 0 Å². The Kier molecular flexibility index (Phi) is 11.8. The molecule has 3 atom stereocenters. The number of rotatable bonds is 12. The van der Waals surface area contributed by atoms with Crippen molar-refractivity contribution in [2.45, 2.75) is 68.9 Å². The van der Waals surface area contributed by atoms with E-state index in [1.807, 2.05) is 36.4 Å². The van der Waals surface area contributed by atoms with Crippen LogP contribution in [0, 0.1) is 11.8 Å². The number of aromatic nitrogens is 2. The molecule has 3 unspecified atom stereocenters. The monoisotopic (exact) mass is 857 g/mol. The molecule has 3 fully saturated rings. The number of carbonyl (C=O) groups excluding carboxylic acids is 2. The second kappa shape index (κ2) is 17.4. The normalized spacial score (nSPS) is 24.2. The Morgan fingerprint density at radius 3 is 2.62 bits per heavy atom. The summed E-state index contributed by atoms with van der Waals surface area (Å²) in [7, 11) is -4.11. The van der Waals surface area contributed by atoms with Gasteiger partial charge in [0.1, 0.15) is 28.4 Å². The lowest BCUT2D eigenvalue weighted by atomic mass is 9.93. The lowest BCUT2D eigenvalue weighted by molar-refractivity contribution is -0.299. The van der Waals surface area contributed by atoms with Gasteiger partial charge in [0.25, 0.3) is 5.91 Å². The van der Waals surface area contributed by atoms with Crippen molar-refractivity contribution in [3.05, 3.63) is 106 Å². The molecule has 6 N–H and O–H groups in total.